The van der Waals surface area contributed by atoms with E-state index in [-0.39, 0.29) is 0 Å². The van der Waals surface area contributed by atoms with E-state index >= 15 is 0 Å². The first-order chi connectivity index (χ1) is 7.79. The van der Waals surface area contributed by atoms with Crippen molar-refractivity contribution < 1.29 is 0 Å². The Labute approximate surface area is 104 Å². The summed E-state index contributed by atoms with van der Waals surface area (Å²) < 4.78 is 0. The van der Waals surface area contributed by atoms with Gasteiger partial charge in [0.2, 0.25) is 0 Å². The van der Waals surface area contributed by atoms with Gasteiger partial charge in [-0.3, -0.25) is 0 Å². The summed E-state index contributed by atoms with van der Waals surface area (Å²) in [7, 11) is 0. The van der Waals surface area contributed by atoms with Crippen LogP contribution in [0.1, 0.15) is 91.9 Å². The standard InChI is InChI=1S/C16H34/c1-5-9-11-14-16(12-7-3)15(8-4)13-10-6-2/h15-16H,5-14H2,1-4H3. The van der Waals surface area contributed by atoms with Crippen molar-refractivity contribution in [2.24, 2.45) is 11.8 Å². The fourth-order valence-corrected chi connectivity index (χ4v) is 2.88. The van der Waals surface area contributed by atoms with Crippen LogP contribution in [0.2, 0.25) is 0 Å². The smallest absolute Gasteiger partial charge is 0.0386 e. The van der Waals surface area contributed by atoms with Crippen molar-refractivity contribution in [3.63, 3.8) is 0 Å². The molecule has 2 atom stereocenters. The third-order valence-electron chi connectivity index (χ3n) is 3.96. The molecule has 0 heterocycles. The van der Waals surface area contributed by atoms with Gasteiger partial charge in [0.1, 0.15) is 0 Å². The highest BCUT2D eigenvalue weighted by atomic mass is 14.2. The summed E-state index contributed by atoms with van der Waals surface area (Å²) in [5.41, 5.74) is 0. The lowest BCUT2D eigenvalue weighted by Crippen LogP contribution is -2.14. The normalized spacial score (nSPS) is 15.0. The molecule has 0 aromatic carbocycles. The highest BCUT2D eigenvalue weighted by molar-refractivity contribution is 4.69. The molecule has 0 aliphatic heterocycles. The molecule has 0 aliphatic carbocycles. The molecule has 98 valence electrons. The molecule has 0 aromatic rings. The van der Waals surface area contributed by atoms with Crippen molar-refractivity contribution in [3.8, 4) is 0 Å². The summed E-state index contributed by atoms with van der Waals surface area (Å²) in [6.45, 7) is 9.37. The van der Waals surface area contributed by atoms with Crippen LogP contribution in [-0.2, 0) is 0 Å². The van der Waals surface area contributed by atoms with Crippen molar-refractivity contribution in [1.82, 2.24) is 0 Å². The van der Waals surface area contributed by atoms with E-state index in [1.807, 2.05) is 0 Å². The molecule has 0 aromatic heterocycles. The zero-order chi connectivity index (χ0) is 12.2. The Hall–Kier alpha value is 0. The van der Waals surface area contributed by atoms with Crippen molar-refractivity contribution in [3.05, 3.63) is 0 Å². The number of unbranched alkanes of at least 4 members (excludes halogenated alkanes) is 3. The maximum absolute atomic E-state index is 2.39. The second-order valence-corrected chi connectivity index (χ2v) is 5.36. The van der Waals surface area contributed by atoms with Crippen LogP contribution in [0.25, 0.3) is 0 Å². The Balaban J connectivity index is 4.00. The Kier molecular flexibility index (Phi) is 11.5. The molecule has 0 saturated heterocycles. The van der Waals surface area contributed by atoms with Crippen LogP contribution in [0, 0.1) is 11.8 Å². The second kappa shape index (κ2) is 11.5. The first kappa shape index (κ1) is 16.0. The largest absolute Gasteiger partial charge is 0.0654 e. The maximum Gasteiger partial charge on any atom is -0.0386 e. The lowest BCUT2D eigenvalue weighted by atomic mass is 9.80. The minimum absolute atomic E-state index is 1.01. The summed E-state index contributed by atoms with van der Waals surface area (Å²) in [6, 6.07) is 0. The van der Waals surface area contributed by atoms with Crippen molar-refractivity contribution >= 4 is 0 Å². The highest BCUT2D eigenvalue weighted by Gasteiger charge is 2.18. The summed E-state index contributed by atoms with van der Waals surface area (Å²) in [6.07, 6.45) is 14.3. The van der Waals surface area contributed by atoms with Gasteiger partial charge in [-0.2, -0.15) is 0 Å². The van der Waals surface area contributed by atoms with Gasteiger partial charge in [0.05, 0.1) is 0 Å². The molecule has 16 heavy (non-hydrogen) atoms. The van der Waals surface area contributed by atoms with E-state index in [0.717, 1.165) is 11.8 Å². The second-order valence-electron chi connectivity index (χ2n) is 5.36. The first-order valence-electron chi connectivity index (χ1n) is 7.79. The van der Waals surface area contributed by atoms with Gasteiger partial charge in [0.25, 0.3) is 0 Å². The van der Waals surface area contributed by atoms with Gasteiger partial charge < -0.3 is 0 Å². The molecule has 0 saturated carbocycles. The molecule has 0 nitrogen and oxygen atoms in total. The van der Waals surface area contributed by atoms with Gasteiger partial charge in [-0.25, -0.2) is 0 Å². The molecular formula is C16H34. The molecule has 0 aliphatic rings. The van der Waals surface area contributed by atoms with E-state index in [1.165, 1.54) is 64.2 Å². The molecule has 0 amide bonds. The average Bonchev–Trinajstić information content (AvgIpc) is 2.30. The lowest BCUT2D eigenvalue weighted by molar-refractivity contribution is 0.256. The Morgan fingerprint density at radius 3 is 1.69 bits per heavy atom. The Morgan fingerprint density at radius 2 is 1.19 bits per heavy atom. The molecular weight excluding hydrogens is 192 g/mol. The fourth-order valence-electron chi connectivity index (χ4n) is 2.88. The predicted molar refractivity (Wildman–Crippen MR) is 75.8 cm³/mol. The zero-order valence-electron chi connectivity index (χ0n) is 12.2. The summed E-state index contributed by atoms with van der Waals surface area (Å²) in [4.78, 5) is 0. The van der Waals surface area contributed by atoms with E-state index in [9.17, 15) is 0 Å². The van der Waals surface area contributed by atoms with Crippen LogP contribution in [0.3, 0.4) is 0 Å². The van der Waals surface area contributed by atoms with E-state index in [1.54, 1.807) is 0 Å². The number of hydrogen-bond donors (Lipinski definition) is 0. The van der Waals surface area contributed by atoms with E-state index in [2.05, 4.69) is 27.7 Å². The van der Waals surface area contributed by atoms with Gasteiger partial charge in [-0.1, -0.05) is 91.9 Å². The molecule has 0 bridgehead atoms. The molecule has 0 N–H and O–H groups in total. The number of hydrogen-bond acceptors (Lipinski definition) is 0. The van der Waals surface area contributed by atoms with E-state index in [0.29, 0.717) is 0 Å². The molecule has 0 spiro atoms. The molecule has 2 unspecified atom stereocenters. The van der Waals surface area contributed by atoms with Crippen molar-refractivity contribution in [2.75, 3.05) is 0 Å². The maximum atomic E-state index is 2.39. The topological polar surface area (TPSA) is 0 Å². The Bertz CT molecular complexity index is 128. The van der Waals surface area contributed by atoms with Crippen LogP contribution >= 0.6 is 0 Å². The fraction of sp³-hybridized carbons (Fsp3) is 1.00. The van der Waals surface area contributed by atoms with Crippen LogP contribution in [0.4, 0.5) is 0 Å². The first-order valence-corrected chi connectivity index (χ1v) is 7.79. The van der Waals surface area contributed by atoms with Gasteiger partial charge in [-0.15, -0.1) is 0 Å². The third kappa shape index (κ3) is 7.30. The van der Waals surface area contributed by atoms with Crippen LogP contribution in [-0.4, -0.2) is 0 Å². The summed E-state index contributed by atoms with van der Waals surface area (Å²) >= 11 is 0. The lowest BCUT2D eigenvalue weighted by Gasteiger charge is -2.26. The van der Waals surface area contributed by atoms with Gasteiger partial charge in [0, 0.05) is 0 Å². The Morgan fingerprint density at radius 1 is 0.562 bits per heavy atom. The third-order valence-corrected chi connectivity index (χ3v) is 3.96. The van der Waals surface area contributed by atoms with Crippen molar-refractivity contribution in [1.29, 1.82) is 0 Å². The summed E-state index contributed by atoms with van der Waals surface area (Å²) in [5.74, 6) is 2.03. The quantitative estimate of drug-likeness (QED) is 0.368. The minimum Gasteiger partial charge on any atom is -0.0654 e. The van der Waals surface area contributed by atoms with Crippen LogP contribution in [0.5, 0.6) is 0 Å². The van der Waals surface area contributed by atoms with Crippen LogP contribution < -0.4 is 0 Å². The predicted octanol–water partition coefficient (Wildman–Crippen LogP) is 6.20. The van der Waals surface area contributed by atoms with E-state index < -0.39 is 0 Å². The highest BCUT2D eigenvalue weighted by Crippen LogP contribution is 2.30. The average molecular weight is 226 g/mol. The van der Waals surface area contributed by atoms with Gasteiger partial charge >= 0.3 is 0 Å². The zero-order valence-corrected chi connectivity index (χ0v) is 12.2. The SMILES string of the molecule is CCCCCC(CCC)C(CC)CCCC. The van der Waals surface area contributed by atoms with Crippen LogP contribution in [0.15, 0.2) is 0 Å². The van der Waals surface area contributed by atoms with Gasteiger partial charge in [-0.05, 0) is 11.8 Å². The monoisotopic (exact) mass is 226 g/mol. The molecule has 0 radical (unpaired) electrons. The molecule has 0 fully saturated rings. The van der Waals surface area contributed by atoms with Gasteiger partial charge in [0.15, 0.2) is 0 Å². The van der Waals surface area contributed by atoms with E-state index in [4.69, 9.17) is 0 Å². The molecule has 0 heteroatoms. The summed E-state index contributed by atoms with van der Waals surface area (Å²) in [5, 5.41) is 0. The molecule has 0 rings (SSSR count). The minimum atomic E-state index is 1.01. The number of rotatable bonds is 11. The van der Waals surface area contributed by atoms with Crippen molar-refractivity contribution in [2.45, 2.75) is 91.9 Å².